The zero-order valence-corrected chi connectivity index (χ0v) is 18.4. The van der Waals surface area contributed by atoms with Crippen LogP contribution in [0, 0.1) is 5.92 Å². The van der Waals surface area contributed by atoms with E-state index in [4.69, 9.17) is 9.84 Å². The van der Waals surface area contributed by atoms with Gasteiger partial charge in [-0.25, -0.2) is 9.97 Å². The van der Waals surface area contributed by atoms with Gasteiger partial charge in [0.2, 0.25) is 0 Å². The molecule has 0 saturated heterocycles. The van der Waals surface area contributed by atoms with Crippen molar-refractivity contribution < 1.29 is 19.4 Å². The van der Waals surface area contributed by atoms with Gasteiger partial charge in [0.05, 0.1) is 12.1 Å². The monoisotopic (exact) mass is 441 g/mol. The van der Waals surface area contributed by atoms with Crippen molar-refractivity contribution in [3.8, 4) is 5.75 Å². The number of carbonyl (C=O) groups excluding carboxylic acids is 2. The number of fused-ring (bicyclic) bond motifs is 1. The summed E-state index contributed by atoms with van der Waals surface area (Å²) in [6.45, 7) is 4.38. The quantitative estimate of drug-likeness (QED) is 0.340. The Bertz CT molecular complexity index is 908. The molecule has 1 amide bonds. The number of nitrogens with one attached hydrogen (secondary N) is 2. The standard InChI is InChI=1S/C23H31N5O4/c1-17(16-30)5-8-24-21-14-19(6-9-25-21)28-10-12-32-20-13-18(15-27-22(20)28)23(31)26-7-3-2-4-11-29/h6,9,13-17,29H,2-5,7-8,10-12H2,1H3,(H,24,25)(H,26,31). The Labute approximate surface area is 188 Å². The topological polar surface area (TPSA) is 117 Å². The highest BCUT2D eigenvalue weighted by Crippen LogP contribution is 2.35. The number of hydrogen-bond acceptors (Lipinski definition) is 8. The van der Waals surface area contributed by atoms with Gasteiger partial charge >= 0.3 is 0 Å². The van der Waals surface area contributed by atoms with Crippen LogP contribution in [0.4, 0.5) is 17.3 Å². The van der Waals surface area contributed by atoms with E-state index in [-0.39, 0.29) is 18.4 Å². The third kappa shape index (κ3) is 6.40. The number of anilines is 3. The fraction of sp³-hybridized carbons (Fsp3) is 0.478. The maximum atomic E-state index is 12.4. The maximum Gasteiger partial charge on any atom is 0.252 e. The lowest BCUT2D eigenvalue weighted by atomic mass is 10.1. The Kier molecular flexibility index (Phi) is 8.79. The number of hydrogen-bond donors (Lipinski definition) is 3. The van der Waals surface area contributed by atoms with E-state index in [1.165, 1.54) is 0 Å². The van der Waals surface area contributed by atoms with E-state index < -0.39 is 0 Å². The van der Waals surface area contributed by atoms with Gasteiger partial charge in [-0.2, -0.15) is 0 Å². The van der Waals surface area contributed by atoms with Crippen molar-refractivity contribution in [2.75, 3.05) is 43.1 Å². The molecule has 2 aromatic heterocycles. The number of aliphatic hydroxyl groups excluding tert-OH is 1. The molecule has 0 aliphatic carbocycles. The molecule has 0 bridgehead atoms. The molecule has 0 spiro atoms. The number of nitrogens with zero attached hydrogens (tertiary/aromatic N) is 3. The number of aldehydes is 1. The van der Waals surface area contributed by atoms with Gasteiger partial charge in [-0.15, -0.1) is 0 Å². The van der Waals surface area contributed by atoms with Crippen molar-refractivity contribution in [1.29, 1.82) is 0 Å². The molecule has 0 saturated carbocycles. The van der Waals surface area contributed by atoms with Crippen molar-refractivity contribution in [2.24, 2.45) is 5.92 Å². The van der Waals surface area contributed by atoms with Crippen molar-refractivity contribution >= 4 is 29.5 Å². The average Bonchev–Trinajstić information content (AvgIpc) is 2.83. The van der Waals surface area contributed by atoms with Crippen LogP contribution >= 0.6 is 0 Å². The largest absolute Gasteiger partial charge is 0.488 e. The molecule has 3 N–H and O–H groups in total. The highest BCUT2D eigenvalue weighted by Gasteiger charge is 2.23. The minimum absolute atomic E-state index is 0.00735. The Morgan fingerprint density at radius 2 is 2.16 bits per heavy atom. The molecule has 0 fully saturated rings. The molecule has 1 atom stereocenters. The van der Waals surface area contributed by atoms with E-state index in [0.29, 0.717) is 43.4 Å². The molecule has 0 aromatic carbocycles. The van der Waals surface area contributed by atoms with E-state index in [2.05, 4.69) is 20.6 Å². The van der Waals surface area contributed by atoms with E-state index in [1.807, 2.05) is 24.0 Å². The Balaban J connectivity index is 1.66. The first kappa shape index (κ1) is 23.5. The number of aliphatic hydroxyl groups is 1. The van der Waals surface area contributed by atoms with Crippen LogP contribution in [0.2, 0.25) is 0 Å². The molecule has 2 aromatic rings. The third-order valence-electron chi connectivity index (χ3n) is 5.24. The minimum atomic E-state index is -0.190. The number of rotatable bonds is 12. The molecular formula is C23H31N5O4. The van der Waals surface area contributed by atoms with Gasteiger partial charge in [0.1, 0.15) is 18.7 Å². The van der Waals surface area contributed by atoms with Gasteiger partial charge in [-0.1, -0.05) is 6.92 Å². The summed E-state index contributed by atoms with van der Waals surface area (Å²) in [6, 6.07) is 5.57. The normalized spacial score (nSPS) is 13.6. The molecule has 32 heavy (non-hydrogen) atoms. The zero-order valence-electron chi connectivity index (χ0n) is 18.4. The summed E-state index contributed by atoms with van der Waals surface area (Å²) in [7, 11) is 0. The van der Waals surface area contributed by atoms with E-state index >= 15 is 0 Å². The number of carbonyl (C=O) groups is 2. The van der Waals surface area contributed by atoms with Gasteiger partial charge in [0.25, 0.3) is 5.91 Å². The molecular weight excluding hydrogens is 410 g/mol. The molecule has 0 radical (unpaired) electrons. The van der Waals surface area contributed by atoms with Crippen molar-refractivity contribution in [3.63, 3.8) is 0 Å². The molecule has 172 valence electrons. The van der Waals surface area contributed by atoms with Crippen LogP contribution in [0.3, 0.4) is 0 Å². The van der Waals surface area contributed by atoms with Crippen LogP contribution in [0.15, 0.2) is 30.6 Å². The summed E-state index contributed by atoms with van der Waals surface area (Å²) in [5.74, 6) is 1.77. The van der Waals surface area contributed by atoms with E-state index in [0.717, 1.165) is 43.5 Å². The predicted molar refractivity (Wildman–Crippen MR) is 123 cm³/mol. The van der Waals surface area contributed by atoms with Crippen molar-refractivity contribution in [2.45, 2.75) is 32.6 Å². The molecule has 1 aliphatic heterocycles. The van der Waals surface area contributed by atoms with Crippen LogP contribution in [-0.4, -0.2) is 60.1 Å². The number of amides is 1. The average molecular weight is 442 g/mol. The first-order valence-corrected chi connectivity index (χ1v) is 11.1. The van der Waals surface area contributed by atoms with Crippen LogP contribution < -0.4 is 20.3 Å². The molecule has 9 heteroatoms. The fourth-order valence-electron chi connectivity index (χ4n) is 3.37. The van der Waals surface area contributed by atoms with Gasteiger partial charge < -0.3 is 30.2 Å². The first-order chi connectivity index (χ1) is 15.6. The number of aromatic nitrogens is 2. The van der Waals surface area contributed by atoms with Gasteiger partial charge in [-0.05, 0) is 37.8 Å². The summed E-state index contributed by atoms with van der Waals surface area (Å²) >= 11 is 0. The van der Waals surface area contributed by atoms with Gasteiger partial charge in [0.15, 0.2) is 11.6 Å². The van der Waals surface area contributed by atoms with Crippen LogP contribution in [0.1, 0.15) is 43.0 Å². The number of ether oxygens (including phenoxy) is 1. The summed E-state index contributed by atoms with van der Waals surface area (Å²) < 4.78 is 5.78. The van der Waals surface area contributed by atoms with Gasteiger partial charge in [-0.3, -0.25) is 4.79 Å². The lowest BCUT2D eigenvalue weighted by Crippen LogP contribution is -2.30. The third-order valence-corrected chi connectivity index (χ3v) is 5.24. The van der Waals surface area contributed by atoms with Crippen molar-refractivity contribution in [1.82, 2.24) is 15.3 Å². The van der Waals surface area contributed by atoms with E-state index in [9.17, 15) is 9.59 Å². The Morgan fingerprint density at radius 1 is 1.28 bits per heavy atom. The molecule has 1 unspecified atom stereocenters. The number of pyridine rings is 2. The SMILES string of the molecule is CC(C=O)CCNc1cc(N2CCOc3cc(C(=O)NCCCCCO)cnc32)ccn1. The summed E-state index contributed by atoms with van der Waals surface area (Å²) in [6.07, 6.45) is 7.41. The highest BCUT2D eigenvalue weighted by molar-refractivity contribution is 5.94. The summed E-state index contributed by atoms with van der Waals surface area (Å²) in [5.41, 5.74) is 1.37. The first-order valence-electron chi connectivity index (χ1n) is 11.1. The predicted octanol–water partition coefficient (Wildman–Crippen LogP) is 2.54. The van der Waals surface area contributed by atoms with E-state index in [1.54, 1.807) is 18.5 Å². The van der Waals surface area contributed by atoms with Crippen molar-refractivity contribution in [3.05, 3.63) is 36.2 Å². The van der Waals surface area contributed by atoms with Crippen LogP contribution in [0.25, 0.3) is 0 Å². The molecule has 3 heterocycles. The second kappa shape index (κ2) is 12.0. The lowest BCUT2D eigenvalue weighted by molar-refractivity contribution is -0.110. The summed E-state index contributed by atoms with van der Waals surface area (Å²) in [4.78, 5) is 34.1. The Hall–Kier alpha value is -3.20. The molecule has 3 rings (SSSR count). The van der Waals surface area contributed by atoms with Gasteiger partial charge in [0, 0.05) is 49.8 Å². The van der Waals surface area contributed by atoms with Crippen LogP contribution in [-0.2, 0) is 4.79 Å². The molecule has 9 nitrogen and oxygen atoms in total. The second-order valence-corrected chi connectivity index (χ2v) is 7.81. The maximum absolute atomic E-state index is 12.4. The second-order valence-electron chi connectivity index (χ2n) is 7.81. The highest BCUT2D eigenvalue weighted by atomic mass is 16.5. The minimum Gasteiger partial charge on any atom is -0.488 e. The lowest BCUT2D eigenvalue weighted by Gasteiger charge is -2.30. The smallest absolute Gasteiger partial charge is 0.252 e. The van der Waals surface area contributed by atoms with Crippen LogP contribution in [0.5, 0.6) is 5.75 Å². The zero-order chi connectivity index (χ0) is 22.8. The Morgan fingerprint density at radius 3 is 2.97 bits per heavy atom. The molecule has 1 aliphatic rings. The fourth-order valence-corrected chi connectivity index (χ4v) is 3.37. The number of unbranched alkanes of at least 4 members (excludes halogenated alkanes) is 2. The summed E-state index contributed by atoms with van der Waals surface area (Å²) in [5, 5.41) is 15.0.